The maximum absolute atomic E-state index is 12.8. The minimum Gasteiger partial charge on any atom is -0.462 e. The van der Waals surface area contributed by atoms with Crippen LogP contribution < -0.4 is 5.32 Å². The van der Waals surface area contributed by atoms with E-state index in [1.807, 2.05) is 30.3 Å². The number of carbonyl (C=O) groups excluding carboxylic acids is 3. The van der Waals surface area contributed by atoms with Gasteiger partial charge in [-0.05, 0) is 38.5 Å². The lowest BCUT2D eigenvalue weighted by Gasteiger charge is -2.14. The summed E-state index contributed by atoms with van der Waals surface area (Å²) in [6.45, 7) is 5.13. The number of amides is 1. The van der Waals surface area contributed by atoms with Crippen LogP contribution in [-0.2, 0) is 14.3 Å². The average molecular weight is 479 g/mol. The fraction of sp³-hybridized carbons (Fsp3) is 0.208. The number of hydrogen-bond acceptors (Lipinski definition) is 8. The summed E-state index contributed by atoms with van der Waals surface area (Å²) in [6, 6.07) is 12.5. The van der Waals surface area contributed by atoms with E-state index in [9.17, 15) is 14.4 Å². The maximum atomic E-state index is 12.8. The Labute approximate surface area is 199 Å². The molecule has 1 N–H and O–H groups in total. The minimum absolute atomic E-state index is 0.195. The van der Waals surface area contributed by atoms with E-state index in [4.69, 9.17) is 9.47 Å². The van der Waals surface area contributed by atoms with Crippen molar-refractivity contribution in [3.8, 4) is 11.1 Å². The molecule has 0 bridgehead atoms. The lowest BCUT2D eigenvalue weighted by molar-refractivity contribution is -0.123. The third-order valence-corrected chi connectivity index (χ3v) is 5.95. The molecule has 9 nitrogen and oxygen atoms in total. The van der Waals surface area contributed by atoms with E-state index in [1.54, 1.807) is 42.0 Å². The number of rotatable bonds is 7. The summed E-state index contributed by atoms with van der Waals surface area (Å²) in [5.41, 5.74) is 2.59. The number of aromatic nitrogens is 3. The predicted molar refractivity (Wildman–Crippen MR) is 127 cm³/mol. The molecule has 0 radical (unpaired) electrons. The number of nitrogens with zero attached hydrogens (tertiary/aromatic N) is 3. The summed E-state index contributed by atoms with van der Waals surface area (Å²) in [6.07, 6.45) is 0.449. The summed E-state index contributed by atoms with van der Waals surface area (Å²) < 4.78 is 12.2. The molecule has 34 heavy (non-hydrogen) atoms. The number of nitrogens with one attached hydrogen (secondary N) is 1. The third kappa shape index (κ3) is 4.67. The van der Waals surface area contributed by atoms with Crippen LogP contribution in [0.25, 0.3) is 16.8 Å². The van der Waals surface area contributed by atoms with Crippen molar-refractivity contribution in [3.05, 3.63) is 71.0 Å². The molecule has 0 saturated carbocycles. The standard InChI is InChI=1S/C24H22N4O5S/c1-4-32-24(31)20-18(16-8-6-5-7-9-16)13-34-22(20)25-21(29)14(2)33-23(30)17-10-11-19-27-26-15(3)28(19)12-17/h5-14H,4H2,1-3H3,(H,25,29). The third-order valence-electron chi connectivity index (χ3n) is 5.05. The van der Waals surface area contributed by atoms with E-state index in [-0.39, 0.29) is 17.7 Å². The van der Waals surface area contributed by atoms with Crippen LogP contribution in [0.2, 0.25) is 0 Å². The number of aryl methyl sites for hydroxylation is 1. The second-order valence-corrected chi connectivity index (χ2v) is 8.25. The summed E-state index contributed by atoms with van der Waals surface area (Å²) in [5, 5.41) is 12.7. The highest BCUT2D eigenvalue weighted by Gasteiger charge is 2.26. The molecule has 0 aliphatic rings. The van der Waals surface area contributed by atoms with E-state index >= 15 is 0 Å². The second-order valence-electron chi connectivity index (χ2n) is 7.37. The van der Waals surface area contributed by atoms with Crippen LogP contribution in [0.15, 0.2) is 54.0 Å². The topological polar surface area (TPSA) is 112 Å². The van der Waals surface area contributed by atoms with Crippen molar-refractivity contribution in [2.45, 2.75) is 26.9 Å². The Bertz CT molecular complexity index is 1360. The number of thiophene rings is 1. The number of ether oxygens (including phenoxy) is 2. The fourth-order valence-corrected chi connectivity index (χ4v) is 4.27. The van der Waals surface area contributed by atoms with Gasteiger partial charge in [-0.25, -0.2) is 9.59 Å². The Morgan fingerprint density at radius 2 is 1.85 bits per heavy atom. The number of hydrogen-bond donors (Lipinski definition) is 1. The highest BCUT2D eigenvalue weighted by atomic mass is 32.1. The number of fused-ring (bicyclic) bond motifs is 1. The molecule has 174 valence electrons. The normalized spacial score (nSPS) is 11.7. The number of anilines is 1. The predicted octanol–water partition coefficient (Wildman–Crippen LogP) is 4.13. The van der Waals surface area contributed by atoms with Crippen molar-refractivity contribution in [1.82, 2.24) is 14.6 Å². The molecule has 0 aliphatic heterocycles. The van der Waals surface area contributed by atoms with Gasteiger partial charge in [0.05, 0.1) is 12.2 Å². The first-order chi connectivity index (χ1) is 16.4. The van der Waals surface area contributed by atoms with E-state index in [0.717, 1.165) is 5.56 Å². The summed E-state index contributed by atoms with van der Waals surface area (Å²) in [5.74, 6) is -1.16. The van der Waals surface area contributed by atoms with Crippen LogP contribution >= 0.6 is 11.3 Å². The summed E-state index contributed by atoms with van der Waals surface area (Å²) in [4.78, 5) is 38.1. The average Bonchev–Trinajstić information content (AvgIpc) is 3.43. The van der Waals surface area contributed by atoms with Crippen LogP contribution in [0.3, 0.4) is 0 Å². The Kier molecular flexibility index (Phi) is 6.69. The molecule has 1 atom stereocenters. The SMILES string of the molecule is CCOC(=O)c1c(-c2ccccc2)csc1NC(=O)C(C)OC(=O)c1ccc2nnc(C)n2c1. The molecule has 3 aromatic heterocycles. The molecule has 0 fully saturated rings. The first-order valence-corrected chi connectivity index (χ1v) is 11.4. The zero-order valence-corrected chi connectivity index (χ0v) is 19.6. The van der Waals surface area contributed by atoms with Gasteiger partial charge in [0.25, 0.3) is 5.91 Å². The van der Waals surface area contributed by atoms with Gasteiger partial charge in [-0.15, -0.1) is 21.5 Å². The highest BCUT2D eigenvalue weighted by Crippen LogP contribution is 2.36. The number of benzene rings is 1. The van der Waals surface area contributed by atoms with Gasteiger partial charge in [-0.1, -0.05) is 30.3 Å². The molecule has 0 aliphatic carbocycles. The van der Waals surface area contributed by atoms with Gasteiger partial charge in [0.1, 0.15) is 16.4 Å². The molecule has 10 heteroatoms. The van der Waals surface area contributed by atoms with Gasteiger partial charge < -0.3 is 14.8 Å². The zero-order chi connectivity index (χ0) is 24.2. The molecule has 0 saturated heterocycles. The van der Waals surface area contributed by atoms with Gasteiger partial charge in [0, 0.05) is 17.1 Å². The van der Waals surface area contributed by atoms with Crippen LogP contribution in [0.5, 0.6) is 0 Å². The lowest BCUT2D eigenvalue weighted by atomic mass is 10.0. The quantitative estimate of drug-likeness (QED) is 0.398. The van der Waals surface area contributed by atoms with E-state index in [1.165, 1.54) is 18.3 Å². The smallest absolute Gasteiger partial charge is 0.341 e. The monoisotopic (exact) mass is 478 g/mol. The summed E-state index contributed by atoms with van der Waals surface area (Å²) in [7, 11) is 0. The lowest BCUT2D eigenvalue weighted by Crippen LogP contribution is -2.30. The summed E-state index contributed by atoms with van der Waals surface area (Å²) >= 11 is 1.20. The van der Waals surface area contributed by atoms with Crippen molar-refractivity contribution >= 4 is 39.8 Å². The second kappa shape index (κ2) is 9.84. The largest absolute Gasteiger partial charge is 0.462 e. The molecular weight excluding hydrogens is 456 g/mol. The van der Waals surface area contributed by atoms with Crippen LogP contribution in [0.4, 0.5) is 5.00 Å². The zero-order valence-electron chi connectivity index (χ0n) is 18.8. The molecule has 4 aromatic rings. The first-order valence-electron chi connectivity index (χ1n) is 10.6. The molecule has 1 amide bonds. The van der Waals surface area contributed by atoms with Crippen LogP contribution in [0, 0.1) is 6.92 Å². The minimum atomic E-state index is -1.11. The van der Waals surface area contributed by atoms with Gasteiger partial charge >= 0.3 is 11.9 Å². The van der Waals surface area contributed by atoms with Crippen LogP contribution in [0.1, 0.15) is 40.4 Å². The maximum Gasteiger partial charge on any atom is 0.341 e. The molecule has 1 unspecified atom stereocenters. The van der Waals surface area contributed by atoms with Gasteiger partial charge in [-0.3, -0.25) is 9.20 Å². The Morgan fingerprint density at radius 1 is 1.09 bits per heavy atom. The number of carbonyl (C=O) groups is 3. The number of esters is 2. The molecule has 0 spiro atoms. The fourth-order valence-electron chi connectivity index (χ4n) is 3.31. The van der Waals surface area contributed by atoms with E-state index < -0.39 is 23.9 Å². The van der Waals surface area contributed by atoms with Gasteiger partial charge in [0.2, 0.25) is 0 Å². The highest BCUT2D eigenvalue weighted by molar-refractivity contribution is 7.15. The Hall–Kier alpha value is -4.05. The van der Waals surface area contributed by atoms with Crippen molar-refractivity contribution < 1.29 is 23.9 Å². The van der Waals surface area contributed by atoms with Crippen molar-refractivity contribution in [3.63, 3.8) is 0 Å². The Morgan fingerprint density at radius 3 is 2.59 bits per heavy atom. The molecule has 3 heterocycles. The first kappa shape index (κ1) is 23.1. The van der Waals surface area contributed by atoms with Crippen molar-refractivity contribution in [2.24, 2.45) is 0 Å². The van der Waals surface area contributed by atoms with E-state index in [0.29, 0.717) is 22.0 Å². The van der Waals surface area contributed by atoms with Crippen molar-refractivity contribution in [1.29, 1.82) is 0 Å². The van der Waals surface area contributed by atoms with E-state index in [2.05, 4.69) is 15.5 Å². The molecule has 1 aromatic carbocycles. The molecular formula is C24H22N4O5S. The Balaban J connectivity index is 1.52. The van der Waals surface area contributed by atoms with Gasteiger partial charge in [0.15, 0.2) is 11.8 Å². The van der Waals surface area contributed by atoms with Gasteiger partial charge in [-0.2, -0.15) is 0 Å². The van der Waals surface area contributed by atoms with Crippen LogP contribution in [-0.4, -0.2) is 45.2 Å². The van der Waals surface area contributed by atoms with Crippen molar-refractivity contribution in [2.75, 3.05) is 11.9 Å². The molecule has 4 rings (SSSR count). The number of pyridine rings is 1.